The van der Waals surface area contributed by atoms with Crippen molar-refractivity contribution in [1.82, 2.24) is 10.2 Å². The summed E-state index contributed by atoms with van der Waals surface area (Å²) < 4.78 is 56.6. The highest BCUT2D eigenvalue weighted by atomic mass is 32.2. The average Bonchev–Trinajstić information content (AvgIpc) is 2.70. The van der Waals surface area contributed by atoms with Gasteiger partial charge in [0, 0.05) is 18.2 Å². The molecule has 1 aromatic heterocycles. The normalized spacial score (nSPS) is 12.1. The summed E-state index contributed by atoms with van der Waals surface area (Å²) in [5.74, 6) is -2.28. The zero-order chi connectivity index (χ0) is 23.7. The fourth-order valence-corrected chi connectivity index (χ4v) is 3.59. The van der Waals surface area contributed by atoms with Crippen molar-refractivity contribution in [1.29, 1.82) is 0 Å². The van der Waals surface area contributed by atoms with Crippen LogP contribution in [-0.4, -0.2) is 42.2 Å². The quantitative estimate of drug-likeness (QED) is 0.555. The van der Waals surface area contributed by atoms with Crippen LogP contribution in [0, 0.1) is 11.6 Å². The molecule has 0 spiro atoms. The number of H-pyrrole nitrogens is 1. The standard InChI is InChI=1S/C22H22F2N2O5S/c1-22(2,28)10-11-31-20-18(13-4-7-15(8-5-13)32(3,29)30)19(25-26-21(20)27)14-6-9-16(23)17(24)12-14/h4-9,12,28H,10-11H2,1-3H3,(H,26,27). The SMILES string of the molecule is CC(C)(O)CCOc1c(-c2ccc(S(C)(=O)=O)cc2)c(-c2ccc(F)c(F)c2)n[nH]c1=O. The van der Waals surface area contributed by atoms with E-state index in [1.54, 1.807) is 13.8 Å². The zero-order valence-corrected chi connectivity index (χ0v) is 18.5. The highest BCUT2D eigenvalue weighted by Crippen LogP contribution is 2.36. The molecule has 2 aromatic carbocycles. The van der Waals surface area contributed by atoms with Crippen LogP contribution in [0.1, 0.15) is 20.3 Å². The summed E-state index contributed by atoms with van der Waals surface area (Å²) in [4.78, 5) is 12.6. The van der Waals surface area contributed by atoms with Gasteiger partial charge >= 0.3 is 5.56 Å². The summed E-state index contributed by atoms with van der Waals surface area (Å²) >= 11 is 0. The highest BCUT2D eigenvalue weighted by Gasteiger charge is 2.22. The summed E-state index contributed by atoms with van der Waals surface area (Å²) in [5.41, 5.74) is -0.873. The molecule has 0 aliphatic heterocycles. The smallest absolute Gasteiger partial charge is 0.307 e. The molecule has 7 nitrogen and oxygen atoms in total. The van der Waals surface area contributed by atoms with Gasteiger partial charge in [-0.2, -0.15) is 5.10 Å². The Bertz CT molecular complexity index is 1300. The number of aromatic amines is 1. The summed E-state index contributed by atoms with van der Waals surface area (Å²) in [5, 5.41) is 16.2. The molecule has 0 unspecified atom stereocenters. The van der Waals surface area contributed by atoms with Gasteiger partial charge in [-0.15, -0.1) is 0 Å². The van der Waals surface area contributed by atoms with E-state index in [0.29, 0.717) is 5.56 Å². The number of benzene rings is 2. The number of ether oxygens (including phenoxy) is 1. The third kappa shape index (κ3) is 5.38. The van der Waals surface area contributed by atoms with Gasteiger partial charge in [-0.25, -0.2) is 22.3 Å². The van der Waals surface area contributed by atoms with Crippen LogP contribution in [0.4, 0.5) is 8.78 Å². The maximum absolute atomic E-state index is 13.9. The van der Waals surface area contributed by atoms with Gasteiger partial charge in [-0.05, 0) is 49.7 Å². The highest BCUT2D eigenvalue weighted by molar-refractivity contribution is 7.90. The monoisotopic (exact) mass is 464 g/mol. The number of rotatable bonds is 7. The first-order chi connectivity index (χ1) is 14.9. The predicted octanol–water partition coefficient (Wildman–Crippen LogP) is 3.33. The third-order valence-electron chi connectivity index (χ3n) is 4.66. The number of nitrogens with one attached hydrogen (secondary N) is 1. The lowest BCUT2D eigenvalue weighted by atomic mass is 9.99. The van der Waals surface area contributed by atoms with Crippen LogP contribution in [0.3, 0.4) is 0 Å². The lowest BCUT2D eigenvalue weighted by molar-refractivity contribution is 0.0552. The van der Waals surface area contributed by atoms with Crippen molar-refractivity contribution < 1.29 is 27.0 Å². The van der Waals surface area contributed by atoms with Crippen LogP contribution < -0.4 is 10.3 Å². The topological polar surface area (TPSA) is 109 Å². The molecule has 0 bridgehead atoms. The van der Waals surface area contributed by atoms with Gasteiger partial charge in [-0.1, -0.05) is 12.1 Å². The molecule has 170 valence electrons. The summed E-state index contributed by atoms with van der Waals surface area (Å²) in [6, 6.07) is 8.84. The van der Waals surface area contributed by atoms with Crippen LogP contribution in [0.15, 0.2) is 52.2 Å². The number of halogens is 2. The van der Waals surface area contributed by atoms with Crippen molar-refractivity contribution in [3.8, 4) is 28.1 Å². The van der Waals surface area contributed by atoms with E-state index >= 15 is 0 Å². The van der Waals surface area contributed by atoms with E-state index in [9.17, 15) is 27.1 Å². The molecule has 2 N–H and O–H groups in total. The number of hydrogen-bond donors (Lipinski definition) is 2. The lowest BCUT2D eigenvalue weighted by Gasteiger charge is -2.19. The second-order valence-corrected chi connectivity index (χ2v) is 9.96. The van der Waals surface area contributed by atoms with E-state index < -0.39 is 32.6 Å². The molecule has 3 aromatic rings. The summed E-state index contributed by atoms with van der Waals surface area (Å²) in [6.07, 6.45) is 1.27. The molecule has 0 amide bonds. The first kappa shape index (κ1) is 23.6. The second kappa shape index (κ2) is 8.79. The summed E-state index contributed by atoms with van der Waals surface area (Å²) in [6.45, 7) is 3.16. The molecule has 0 atom stereocenters. The zero-order valence-electron chi connectivity index (χ0n) is 17.6. The Morgan fingerprint density at radius 2 is 1.69 bits per heavy atom. The largest absolute Gasteiger partial charge is 0.487 e. The number of nitrogens with zero attached hydrogens (tertiary/aromatic N) is 1. The van der Waals surface area contributed by atoms with Crippen molar-refractivity contribution in [3.63, 3.8) is 0 Å². The number of hydrogen-bond acceptors (Lipinski definition) is 6. The maximum Gasteiger partial charge on any atom is 0.307 e. The molecule has 0 radical (unpaired) electrons. The molecule has 10 heteroatoms. The molecule has 0 aliphatic carbocycles. The molecule has 0 saturated carbocycles. The van der Waals surface area contributed by atoms with E-state index in [4.69, 9.17) is 4.74 Å². The minimum Gasteiger partial charge on any atom is -0.487 e. The van der Waals surface area contributed by atoms with Crippen LogP contribution in [0.25, 0.3) is 22.4 Å². The first-order valence-electron chi connectivity index (χ1n) is 9.60. The molecular formula is C22H22F2N2O5S. The Kier molecular flexibility index (Phi) is 6.47. The van der Waals surface area contributed by atoms with Gasteiger partial charge in [0.1, 0.15) is 5.69 Å². The Balaban J connectivity index is 2.20. The Hall–Kier alpha value is -3.11. The predicted molar refractivity (Wildman–Crippen MR) is 115 cm³/mol. The van der Waals surface area contributed by atoms with Gasteiger partial charge in [0.05, 0.1) is 22.7 Å². The number of aliphatic hydroxyl groups is 1. The molecular weight excluding hydrogens is 442 g/mol. The number of aromatic nitrogens is 2. The number of sulfone groups is 1. The van der Waals surface area contributed by atoms with Crippen LogP contribution >= 0.6 is 0 Å². The van der Waals surface area contributed by atoms with Gasteiger partial charge in [0.2, 0.25) is 0 Å². The third-order valence-corrected chi connectivity index (χ3v) is 5.79. The van der Waals surface area contributed by atoms with E-state index in [2.05, 4.69) is 10.2 Å². The molecule has 32 heavy (non-hydrogen) atoms. The Labute approximate surface area is 183 Å². The average molecular weight is 464 g/mol. The van der Waals surface area contributed by atoms with Crippen LogP contribution in [-0.2, 0) is 9.84 Å². The second-order valence-electron chi connectivity index (χ2n) is 7.94. The van der Waals surface area contributed by atoms with Gasteiger partial charge in [0.25, 0.3) is 0 Å². The lowest BCUT2D eigenvalue weighted by Crippen LogP contribution is -2.24. The van der Waals surface area contributed by atoms with Crippen molar-refractivity contribution in [2.45, 2.75) is 30.8 Å². The van der Waals surface area contributed by atoms with Crippen LogP contribution in [0.5, 0.6) is 5.75 Å². The molecule has 1 heterocycles. The van der Waals surface area contributed by atoms with Gasteiger partial charge in [0.15, 0.2) is 27.2 Å². The Morgan fingerprint density at radius 1 is 1.06 bits per heavy atom. The molecule has 0 saturated heterocycles. The molecule has 0 aliphatic rings. The molecule has 3 rings (SSSR count). The minimum atomic E-state index is -3.46. The van der Waals surface area contributed by atoms with E-state index in [-0.39, 0.29) is 40.5 Å². The first-order valence-corrected chi connectivity index (χ1v) is 11.5. The van der Waals surface area contributed by atoms with E-state index in [1.165, 1.54) is 30.3 Å². The van der Waals surface area contributed by atoms with Gasteiger partial charge < -0.3 is 9.84 Å². The maximum atomic E-state index is 13.9. The fourth-order valence-electron chi connectivity index (χ4n) is 2.96. The Morgan fingerprint density at radius 3 is 2.25 bits per heavy atom. The van der Waals surface area contributed by atoms with E-state index in [1.807, 2.05) is 0 Å². The van der Waals surface area contributed by atoms with Crippen molar-refractivity contribution in [3.05, 3.63) is 64.5 Å². The summed E-state index contributed by atoms with van der Waals surface area (Å²) in [7, 11) is -3.46. The van der Waals surface area contributed by atoms with E-state index in [0.717, 1.165) is 18.4 Å². The van der Waals surface area contributed by atoms with Crippen molar-refractivity contribution in [2.75, 3.05) is 12.9 Å². The fraction of sp³-hybridized carbons (Fsp3) is 0.273. The minimum absolute atomic E-state index is 0.0117. The van der Waals surface area contributed by atoms with Gasteiger partial charge in [-0.3, -0.25) is 4.79 Å². The van der Waals surface area contributed by atoms with Crippen molar-refractivity contribution >= 4 is 9.84 Å². The van der Waals surface area contributed by atoms with Crippen molar-refractivity contribution in [2.24, 2.45) is 0 Å². The van der Waals surface area contributed by atoms with Crippen LogP contribution in [0.2, 0.25) is 0 Å². The molecule has 0 fully saturated rings.